The fraction of sp³-hybridized carbons (Fsp3) is 0.111. The minimum atomic E-state index is -0.146. The Hall–Kier alpha value is -1.49. The van der Waals surface area contributed by atoms with Gasteiger partial charge >= 0.3 is 0 Å². The monoisotopic (exact) mass is 208 g/mol. The number of anilines is 1. The van der Waals surface area contributed by atoms with Crippen molar-refractivity contribution in [2.24, 2.45) is 0 Å². The Balaban J connectivity index is 2.30. The summed E-state index contributed by atoms with van der Waals surface area (Å²) >= 11 is 3.86. The van der Waals surface area contributed by atoms with Crippen molar-refractivity contribution in [1.82, 2.24) is 4.98 Å². The molecule has 0 saturated carbocycles. The number of nitrogens with one attached hydrogen (secondary N) is 1. The molecule has 0 radical (unpaired) electrons. The minimum Gasteiger partial charge on any atom is -0.443 e. The zero-order valence-corrected chi connectivity index (χ0v) is 8.12. The molecule has 0 fully saturated rings. The van der Waals surface area contributed by atoms with Crippen LogP contribution in [0.25, 0.3) is 11.1 Å². The van der Waals surface area contributed by atoms with Crippen molar-refractivity contribution < 1.29 is 9.21 Å². The van der Waals surface area contributed by atoms with Crippen molar-refractivity contribution in [1.29, 1.82) is 0 Å². The van der Waals surface area contributed by atoms with Gasteiger partial charge in [-0.2, -0.15) is 12.6 Å². The summed E-state index contributed by atoms with van der Waals surface area (Å²) in [5, 5.41) is 2.67. The molecule has 0 aliphatic carbocycles. The summed E-state index contributed by atoms with van der Waals surface area (Å²) in [6.07, 6.45) is 1.37. The second-order valence-corrected chi connectivity index (χ2v) is 3.06. The molecule has 0 saturated heterocycles. The largest absolute Gasteiger partial charge is 0.443 e. The Morgan fingerprint density at radius 2 is 2.43 bits per heavy atom. The van der Waals surface area contributed by atoms with Gasteiger partial charge in [0.05, 0.1) is 5.75 Å². The number of benzene rings is 1. The summed E-state index contributed by atoms with van der Waals surface area (Å²) in [6, 6.07) is 5.28. The molecular formula is C9H8N2O2S. The maximum atomic E-state index is 11.0. The highest BCUT2D eigenvalue weighted by Gasteiger charge is 2.02. The van der Waals surface area contributed by atoms with Gasteiger partial charge in [0.15, 0.2) is 12.0 Å². The number of amides is 1. The fourth-order valence-corrected chi connectivity index (χ4v) is 1.21. The van der Waals surface area contributed by atoms with Gasteiger partial charge in [0.25, 0.3) is 0 Å². The molecule has 0 bridgehead atoms. The summed E-state index contributed by atoms with van der Waals surface area (Å²) in [5.41, 5.74) is 2.11. The van der Waals surface area contributed by atoms with Crippen LogP contribution in [0.2, 0.25) is 0 Å². The second kappa shape index (κ2) is 3.71. The van der Waals surface area contributed by atoms with E-state index in [-0.39, 0.29) is 11.7 Å². The van der Waals surface area contributed by atoms with E-state index in [9.17, 15) is 4.79 Å². The summed E-state index contributed by atoms with van der Waals surface area (Å²) in [6.45, 7) is 0. The van der Waals surface area contributed by atoms with Gasteiger partial charge < -0.3 is 9.73 Å². The van der Waals surface area contributed by atoms with Crippen molar-refractivity contribution in [2.45, 2.75) is 0 Å². The molecule has 1 aromatic carbocycles. The fourth-order valence-electron chi connectivity index (χ4n) is 1.13. The van der Waals surface area contributed by atoms with Crippen LogP contribution < -0.4 is 5.32 Å². The SMILES string of the molecule is O=C(CS)Nc1ccc2ncoc2c1. The van der Waals surface area contributed by atoms with E-state index in [4.69, 9.17) is 4.42 Å². The van der Waals surface area contributed by atoms with Crippen LogP contribution in [0.5, 0.6) is 0 Å². The molecule has 1 heterocycles. The smallest absolute Gasteiger partial charge is 0.234 e. The van der Waals surface area contributed by atoms with Crippen LogP contribution in [-0.2, 0) is 4.79 Å². The number of carbonyl (C=O) groups is 1. The number of hydrogen-bond acceptors (Lipinski definition) is 4. The standard InChI is InChI=1S/C9H8N2O2S/c12-9(4-14)11-6-1-2-7-8(3-6)13-5-10-7/h1-3,5,14H,4H2,(H,11,12). The van der Waals surface area contributed by atoms with Crippen LogP contribution in [0, 0.1) is 0 Å². The van der Waals surface area contributed by atoms with Gasteiger partial charge in [-0.15, -0.1) is 0 Å². The normalized spacial score (nSPS) is 10.4. The van der Waals surface area contributed by atoms with Crippen LogP contribution in [-0.4, -0.2) is 16.6 Å². The summed E-state index contributed by atoms with van der Waals surface area (Å²) in [4.78, 5) is 15.0. The number of carbonyl (C=O) groups excluding carboxylic acids is 1. The molecule has 4 nitrogen and oxygen atoms in total. The molecule has 72 valence electrons. The maximum Gasteiger partial charge on any atom is 0.234 e. The van der Waals surface area contributed by atoms with Crippen molar-refractivity contribution >= 4 is 35.3 Å². The summed E-state index contributed by atoms with van der Waals surface area (Å²) in [5.74, 6) is 0.0150. The van der Waals surface area contributed by atoms with Gasteiger partial charge in [-0.25, -0.2) is 4.98 Å². The van der Waals surface area contributed by atoms with Gasteiger partial charge in [0.2, 0.25) is 5.91 Å². The first-order valence-electron chi connectivity index (χ1n) is 4.03. The molecule has 2 rings (SSSR count). The Kier molecular flexibility index (Phi) is 2.41. The van der Waals surface area contributed by atoms with E-state index in [1.54, 1.807) is 18.2 Å². The third kappa shape index (κ3) is 1.72. The van der Waals surface area contributed by atoms with Crippen molar-refractivity contribution in [3.05, 3.63) is 24.6 Å². The lowest BCUT2D eigenvalue weighted by atomic mass is 10.3. The molecular weight excluding hydrogens is 200 g/mol. The molecule has 0 unspecified atom stereocenters. The molecule has 0 aliphatic rings. The lowest BCUT2D eigenvalue weighted by molar-refractivity contribution is -0.113. The number of thiol groups is 1. The molecule has 0 aliphatic heterocycles. The third-order valence-electron chi connectivity index (χ3n) is 1.76. The number of oxazole rings is 1. The first kappa shape index (κ1) is 9.08. The van der Waals surface area contributed by atoms with Gasteiger partial charge in [0.1, 0.15) is 5.52 Å². The molecule has 5 heteroatoms. The van der Waals surface area contributed by atoms with E-state index >= 15 is 0 Å². The average Bonchev–Trinajstić information content (AvgIpc) is 2.64. The summed E-state index contributed by atoms with van der Waals surface area (Å²) < 4.78 is 5.09. The van der Waals surface area contributed by atoms with Gasteiger partial charge in [-0.1, -0.05) is 0 Å². The van der Waals surface area contributed by atoms with Crippen LogP contribution in [0.4, 0.5) is 5.69 Å². The molecule has 1 N–H and O–H groups in total. The first-order chi connectivity index (χ1) is 6.79. The second-order valence-electron chi connectivity index (χ2n) is 2.74. The Bertz CT molecular complexity index is 467. The molecule has 14 heavy (non-hydrogen) atoms. The highest BCUT2D eigenvalue weighted by Crippen LogP contribution is 2.17. The quantitative estimate of drug-likeness (QED) is 0.738. The average molecular weight is 208 g/mol. The number of hydrogen-bond donors (Lipinski definition) is 2. The van der Waals surface area contributed by atoms with Gasteiger partial charge in [-0.3, -0.25) is 4.79 Å². The van der Waals surface area contributed by atoms with Gasteiger partial charge in [-0.05, 0) is 12.1 Å². The number of rotatable bonds is 2. The molecule has 1 aromatic heterocycles. The Morgan fingerprint density at radius 3 is 3.21 bits per heavy atom. The predicted molar refractivity (Wildman–Crippen MR) is 56.5 cm³/mol. The van der Waals surface area contributed by atoms with Crippen LogP contribution >= 0.6 is 12.6 Å². The highest BCUT2D eigenvalue weighted by molar-refractivity contribution is 7.81. The Labute approximate surface area is 85.7 Å². The zero-order chi connectivity index (χ0) is 9.97. The number of fused-ring (bicyclic) bond motifs is 1. The van der Waals surface area contributed by atoms with Crippen molar-refractivity contribution in [3.63, 3.8) is 0 Å². The topological polar surface area (TPSA) is 55.1 Å². The molecule has 2 aromatic rings. The highest BCUT2D eigenvalue weighted by atomic mass is 32.1. The van der Waals surface area contributed by atoms with E-state index < -0.39 is 0 Å². The van der Waals surface area contributed by atoms with E-state index in [1.165, 1.54) is 6.39 Å². The van der Waals surface area contributed by atoms with Crippen molar-refractivity contribution in [2.75, 3.05) is 11.1 Å². The molecule has 1 amide bonds. The van der Waals surface area contributed by atoms with Crippen LogP contribution in [0.1, 0.15) is 0 Å². The van der Waals surface area contributed by atoms with E-state index in [2.05, 4.69) is 22.9 Å². The predicted octanol–water partition coefficient (Wildman–Crippen LogP) is 1.70. The number of nitrogens with zero attached hydrogens (tertiary/aromatic N) is 1. The van der Waals surface area contributed by atoms with Gasteiger partial charge in [0, 0.05) is 11.8 Å². The number of aromatic nitrogens is 1. The van der Waals surface area contributed by atoms with Crippen LogP contribution in [0.15, 0.2) is 29.0 Å². The Morgan fingerprint density at radius 1 is 1.57 bits per heavy atom. The minimum absolute atomic E-state index is 0.146. The van der Waals surface area contributed by atoms with E-state index in [0.717, 1.165) is 5.52 Å². The zero-order valence-electron chi connectivity index (χ0n) is 7.23. The van der Waals surface area contributed by atoms with Crippen LogP contribution in [0.3, 0.4) is 0 Å². The lowest BCUT2D eigenvalue weighted by Gasteiger charge is -2.01. The molecule has 0 atom stereocenters. The molecule has 0 spiro atoms. The maximum absolute atomic E-state index is 11.0. The van der Waals surface area contributed by atoms with E-state index in [1.807, 2.05) is 0 Å². The van der Waals surface area contributed by atoms with Crippen molar-refractivity contribution in [3.8, 4) is 0 Å². The first-order valence-corrected chi connectivity index (χ1v) is 4.67. The third-order valence-corrected chi connectivity index (χ3v) is 2.05. The summed E-state index contributed by atoms with van der Waals surface area (Å²) in [7, 11) is 0. The van der Waals surface area contributed by atoms with E-state index in [0.29, 0.717) is 11.3 Å². The lowest BCUT2D eigenvalue weighted by Crippen LogP contribution is -2.12.